The number of halogens is 1. The van der Waals surface area contributed by atoms with Gasteiger partial charge in [-0.15, -0.1) is 0 Å². The second kappa shape index (κ2) is 6.75. The van der Waals surface area contributed by atoms with Crippen molar-refractivity contribution in [2.24, 2.45) is 0 Å². The number of hydrogen-bond acceptors (Lipinski definition) is 4. The van der Waals surface area contributed by atoms with E-state index in [0.29, 0.717) is 23.7 Å². The first kappa shape index (κ1) is 15.4. The summed E-state index contributed by atoms with van der Waals surface area (Å²) in [5, 5.41) is 6.72. The number of amides is 1. The van der Waals surface area contributed by atoms with Crippen molar-refractivity contribution < 1.29 is 9.32 Å². The number of carbonyl (C=O) groups is 1. The molecule has 0 radical (unpaired) electrons. The van der Waals surface area contributed by atoms with E-state index < -0.39 is 0 Å². The third kappa shape index (κ3) is 3.65. The number of hydrogen-bond donors (Lipinski definition) is 1. The van der Waals surface area contributed by atoms with Crippen LogP contribution in [0.4, 0.5) is 5.69 Å². The van der Waals surface area contributed by atoms with Crippen LogP contribution >= 0.6 is 15.9 Å². The van der Waals surface area contributed by atoms with Crippen LogP contribution in [0.1, 0.15) is 27.6 Å². The van der Waals surface area contributed by atoms with Gasteiger partial charge in [-0.25, -0.2) is 0 Å². The zero-order valence-electron chi connectivity index (χ0n) is 12.4. The van der Waals surface area contributed by atoms with Gasteiger partial charge in [0.1, 0.15) is 0 Å². The molecule has 23 heavy (non-hydrogen) atoms. The standard InChI is InChI=1S/C17H14BrN3O2/c1-11-19-16(23-21-11)10-12-6-2-5-9-15(12)20-17(22)13-7-3-4-8-14(13)18/h2-9H,10H2,1H3,(H,20,22). The smallest absolute Gasteiger partial charge is 0.256 e. The average Bonchev–Trinajstić information content (AvgIpc) is 2.95. The molecule has 1 amide bonds. The molecule has 0 aliphatic rings. The van der Waals surface area contributed by atoms with Gasteiger partial charge in [-0.2, -0.15) is 4.98 Å². The van der Waals surface area contributed by atoms with Crippen LogP contribution in [0.15, 0.2) is 57.5 Å². The van der Waals surface area contributed by atoms with E-state index in [1.54, 1.807) is 13.0 Å². The van der Waals surface area contributed by atoms with Crippen molar-refractivity contribution >= 4 is 27.5 Å². The highest BCUT2D eigenvalue weighted by molar-refractivity contribution is 9.10. The highest BCUT2D eigenvalue weighted by Gasteiger charge is 2.13. The van der Waals surface area contributed by atoms with Crippen LogP contribution in [-0.4, -0.2) is 16.0 Å². The Hall–Kier alpha value is -2.47. The summed E-state index contributed by atoms with van der Waals surface area (Å²) in [6.45, 7) is 1.77. The summed E-state index contributed by atoms with van der Waals surface area (Å²) in [6, 6.07) is 14.9. The van der Waals surface area contributed by atoms with E-state index in [4.69, 9.17) is 4.52 Å². The van der Waals surface area contributed by atoms with Crippen LogP contribution in [0.2, 0.25) is 0 Å². The van der Waals surface area contributed by atoms with Crippen LogP contribution in [0.3, 0.4) is 0 Å². The van der Waals surface area contributed by atoms with Gasteiger partial charge in [0.25, 0.3) is 5.91 Å². The number of anilines is 1. The van der Waals surface area contributed by atoms with Crippen molar-refractivity contribution in [3.05, 3.63) is 75.8 Å². The van der Waals surface area contributed by atoms with Crippen LogP contribution in [-0.2, 0) is 6.42 Å². The fraction of sp³-hybridized carbons (Fsp3) is 0.118. The zero-order chi connectivity index (χ0) is 16.2. The van der Waals surface area contributed by atoms with Crippen LogP contribution in [0.5, 0.6) is 0 Å². The van der Waals surface area contributed by atoms with Gasteiger partial charge in [0, 0.05) is 10.2 Å². The summed E-state index contributed by atoms with van der Waals surface area (Å²) in [6.07, 6.45) is 0.466. The van der Waals surface area contributed by atoms with E-state index in [-0.39, 0.29) is 5.91 Å². The van der Waals surface area contributed by atoms with E-state index in [1.165, 1.54) is 0 Å². The molecule has 0 unspecified atom stereocenters. The Bertz CT molecular complexity index is 845. The number of aryl methyl sites for hydroxylation is 1. The van der Waals surface area contributed by atoms with Crippen LogP contribution in [0, 0.1) is 6.92 Å². The van der Waals surface area contributed by atoms with Gasteiger partial charge in [0.2, 0.25) is 5.89 Å². The van der Waals surface area contributed by atoms with Crippen molar-refractivity contribution in [3.63, 3.8) is 0 Å². The van der Waals surface area contributed by atoms with Crippen molar-refractivity contribution in [3.8, 4) is 0 Å². The first-order chi connectivity index (χ1) is 11.1. The van der Waals surface area contributed by atoms with Crippen molar-refractivity contribution in [1.29, 1.82) is 0 Å². The first-order valence-corrected chi connectivity index (χ1v) is 7.86. The maximum Gasteiger partial charge on any atom is 0.256 e. The van der Waals surface area contributed by atoms with Crippen LogP contribution in [0.25, 0.3) is 0 Å². The molecule has 0 aliphatic carbocycles. The molecule has 3 rings (SSSR count). The molecular weight excluding hydrogens is 358 g/mol. The molecule has 0 saturated carbocycles. The fourth-order valence-corrected chi connectivity index (χ4v) is 2.67. The van der Waals surface area contributed by atoms with Crippen LogP contribution < -0.4 is 5.32 Å². The highest BCUT2D eigenvalue weighted by atomic mass is 79.9. The molecule has 1 heterocycles. The minimum atomic E-state index is -0.174. The van der Waals surface area contributed by atoms with Gasteiger partial charge in [0.05, 0.1) is 12.0 Å². The van der Waals surface area contributed by atoms with E-state index in [2.05, 4.69) is 31.4 Å². The van der Waals surface area contributed by atoms with Gasteiger partial charge >= 0.3 is 0 Å². The van der Waals surface area contributed by atoms with Crippen molar-refractivity contribution in [1.82, 2.24) is 10.1 Å². The van der Waals surface area contributed by atoms with Gasteiger partial charge in [0.15, 0.2) is 5.82 Å². The molecule has 116 valence electrons. The topological polar surface area (TPSA) is 68.0 Å². The third-order valence-corrected chi connectivity index (χ3v) is 3.99. The van der Waals surface area contributed by atoms with E-state index in [0.717, 1.165) is 15.7 Å². The number of para-hydroxylation sites is 1. The zero-order valence-corrected chi connectivity index (χ0v) is 14.0. The molecule has 2 aromatic carbocycles. The Kier molecular flexibility index (Phi) is 4.52. The molecule has 5 nitrogen and oxygen atoms in total. The predicted molar refractivity (Wildman–Crippen MR) is 90.4 cm³/mol. The summed E-state index contributed by atoms with van der Waals surface area (Å²) in [5.74, 6) is 0.937. The maximum absolute atomic E-state index is 12.5. The van der Waals surface area contributed by atoms with Gasteiger partial charge in [-0.1, -0.05) is 35.5 Å². The normalized spacial score (nSPS) is 10.5. The molecular formula is C17H14BrN3O2. The van der Waals surface area contributed by atoms with E-state index in [1.807, 2.05) is 42.5 Å². The molecule has 0 bridgehead atoms. The SMILES string of the molecule is Cc1noc(Cc2ccccc2NC(=O)c2ccccc2Br)n1. The second-order valence-corrected chi connectivity index (χ2v) is 5.86. The lowest BCUT2D eigenvalue weighted by molar-refractivity contribution is 0.102. The lowest BCUT2D eigenvalue weighted by Crippen LogP contribution is -2.14. The highest BCUT2D eigenvalue weighted by Crippen LogP contribution is 2.21. The molecule has 0 spiro atoms. The Labute approximate surface area is 141 Å². The number of nitrogens with zero attached hydrogens (tertiary/aromatic N) is 2. The quantitative estimate of drug-likeness (QED) is 0.752. The molecule has 0 saturated heterocycles. The second-order valence-electron chi connectivity index (χ2n) is 5.00. The van der Waals surface area contributed by atoms with Gasteiger partial charge in [-0.3, -0.25) is 4.79 Å². The minimum absolute atomic E-state index is 0.174. The molecule has 0 aliphatic heterocycles. The molecule has 6 heteroatoms. The Morgan fingerprint density at radius 2 is 1.91 bits per heavy atom. The monoisotopic (exact) mass is 371 g/mol. The Morgan fingerprint density at radius 1 is 1.17 bits per heavy atom. The summed E-state index contributed by atoms with van der Waals surface area (Å²) in [4.78, 5) is 16.7. The summed E-state index contributed by atoms with van der Waals surface area (Å²) < 4.78 is 5.90. The summed E-state index contributed by atoms with van der Waals surface area (Å²) in [5.41, 5.74) is 2.22. The van der Waals surface area contributed by atoms with Crippen molar-refractivity contribution in [2.75, 3.05) is 5.32 Å². The van der Waals surface area contributed by atoms with Gasteiger partial charge in [-0.05, 0) is 46.6 Å². The molecule has 0 atom stereocenters. The lowest BCUT2D eigenvalue weighted by atomic mass is 10.1. The van der Waals surface area contributed by atoms with Crippen molar-refractivity contribution in [2.45, 2.75) is 13.3 Å². The summed E-state index contributed by atoms with van der Waals surface area (Å²) in [7, 11) is 0. The molecule has 1 aromatic heterocycles. The number of benzene rings is 2. The van der Waals surface area contributed by atoms with Gasteiger partial charge < -0.3 is 9.84 Å². The Balaban J connectivity index is 1.83. The number of rotatable bonds is 4. The molecule has 1 N–H and O–H groups in total. The summed E-state index contributed by atoms with van der Waals surface area (Å²) >= 11 is 3.39. The first-order valence-electron chi connectivity index (χ1n) is 7.06. The maximum atomic E-state index is 12.5. The third-order valence-electron chi connectivity index (χ3n) is 3.30. The number of carbonyl (C=O) groups excluding carboxylic acids is 1. The van der Waals surface area contributed by atoms with E-state index >= 15 is 0 Å². The largest absolute Gasteiger partial charge is 0.339 e. The molecule has 0 fully saturated rings. The molecule has 3 aromatic rings. The number of nitrogens with one attached hydrogen (secondary N) is 1. The fourth-order valence-electron chi connectivity index (χ4n) is 2.21. The number of aromatic nitrogens is 2. The lowest BCUT2D eigenvalue weighted by Gasteiger charge is -2.10. The van der Waals surface area contributed by atoms with E-state index in [9.17, 15) is 4.79 Å². The average molecular weight is 372 g/mol. The Morgan fingerprint density at radius 3 is 2.65 bits per heavy atom. The minimum Gasteiger partial charge on any atom is -0.339 e. The predicted octanol–water partition coefficient (Wildman–Crippen LogP) is 3.98.